The summed E-state index contributed by atoms with van der Waals surface area (Å²) >= 11 is 0. The van der Waals surface area contributed by atoms with Crippen LogP contribution in [0.25, 0.3) is 22.5 Å². The molecule has 0 spiro atoms. The van der Waals surface area contributed by atoms with Gasteiger partial charge in [0.15, 0.2) is 21.2 Å². The molecule has 0 aliphatic carbocycles. The van der Waals surface area contributed by atoms with Crippen molar-refractivity contribution in [3.63, 3.8) is 0 Å². The minimum Gasteiger partial charge on any atom is -0.497 e. The Morgan fingerprint density at radius 2 is 2.03 bits per heavy atom. The molecule has 1 amide bonds. The fourth-order valence-electron chi connectivity index (χ4n) is 4.14. The molecular formula is C23H22N4O5S. The van der Waals surface area contributed by atoms with Gasteiger partial charge in [0.1, 0.15) is 11.4 Å². The minimum atomic E-state index is -3.13. The lowest BCUT2D eigenvalue weighted by Gasteiger charge is -2.12. The molecule has 3 aromatic heterocycles. The summed E-state index contributed by atoms with van der Waals surface area (Å²) in [6.07, 6.45) is 1.99. The third-order valence-electron chi connectivity index (χ3n) is 5.76. The highest BCUT2D eigenvalue weighted by atomic mass is 32.2. The van der Waals surface area contributed by atoms with Crippen LogP contribution in [0.15, 0.2) is 53.1 Å². The average Bonchev–Trinajstić information content (AvgIpc) is 3.53. The summed E-state index contributed by atoms with van der Waals surface area (Å²) in [4.78, 5) is 18.1. The van der Waals surface area contributed by atoms with E-state index in [2.05, 4.69) is 10.4 Å². The lowest BCUT2D eigenvalue weighted by Crippen LogP contribution is -2.15. The number of pyridine rings is 1. The molecule has 1 aliphatic rings. The average molecular weight is 467 g/mol. The van der Waals surface area contributed by atoms with Gasteiger partial charge in [-0.15, -0.1) is 0 Å². The molecule has 1 saturated heterocycles. The van der Waals surface area contributed by atoms with Crippen LogP contribution in [-0.4, -0.2) is 47.7 Å². The van der Waals surface area contributed by atoms with Crippen molar-refractivity contribution in [2.75, 3.05) is 23.9 Å². The Morgan fingerprint density at radius 1 is 1.24 bits per heavy atom. The van der Waals surface area contributed by atoms with Crippen LogP contribution in [0, 0.1) is 6.92 Å². The van der Waals surface area contributed by atoms with Gasteiger partial charge in [0, 0.05) is 5.69 Å². The monoisotopic (exact) mass is 466 g/mol. The molecular weight excluding hydrogens is 444 g/mol. The van der Waals surface area contributed by atoms with Gasteiger partial charge >= 0.3 is 0 Å². The molecule has 5 rings (SSSR count). The van der Waals surface area contributed by atoms with Gasteiger partial charge in [0.25, 0.3) is 5.91 Å². The number of fused-ring (bicyclic) bond motifs is 1. The van der Waals surface area contributed by atoms with E-state index in [1.165, 1.54) is 6.26 Å². The predicted molar refractivity (Wildman–Crippen MR) is 123 cm³/mol. The van der Waals surface area contributed by atoms with Crippen LogP contribution in [0.1, 0.15) is 28.5 Å². The van der Waals surface area contributed by atoms with Crippen LogP contribution >= 0.6 is 0 Å². The third kappa shape index (κ3) is 3.97. The van der Waals surface area contributed by atoms with Crippen molar-refractivity contribution in [3.05, 3.63) is 60.0 Å². The Bertz CT molecular complexity index is 1440. The lowest BCUT2D eigenvalue weighted by molar-refractivity contribution is 0.102. The molecule has 1 unspecified atom stereocenters. The number of hydrogen-bond acceptors (Lipinski definition) is 7. The molecule has 10 heteroatoms. The number of furan rings is 1. The van der Waals surface area contributed by atoms with Crippen LogP contribution < -0.4 is 10.1 Å². The molecule has 1 aliphatic heterocycles. The predicted octanol–water partition coefficient (Wildman–Crippen LogP) is 3.62. The van der Waals surface area contributed by atoms with Gasteiger partial charge in [-0.05, 0) is 55.8 Å². The van der Waals surface area contributed by atoms with Crippen molar-refractivity contribution < 1.29 is 22.4 Å². The Hall–Kier alpha value is -3.66. The smallest absolute Gasteiger partial charge is 0.256 e. The van der Waals surface area contributed by atoms with Gasteiger partial charge in [-0.25, -0.2) is 18.1 Å². The van der Waals surface area contributed by atoms with Crippen molar-refractivity contribution in [3.8, 4) is 17.2 Å². The number of carbonyl (C=O) groups is 1. The number of aromatic nitrogens is 3. The van der Waals surface area contributed by atoms with Crippen LogP contribution in [-0.2, 0) is 9.84 Å². The van der Waals surface area contributed by atoms with Crippen LogP contribution in [0.4, 0.5) is 5.69 Å². The van der Waals surface area contributed by atoms with Crippen molar-refractivity contribution in [1.82, 2.24) is 14.8 Å². The van der Waals surface area contributed by atoms with E-state index in [1.54, 1.807) is 61.2 Å². The van der Waals surface area contributed by atoms with E-state index in [9.17, 15) is 13.2 Å². The number of sulfone groups is 1. The number of aryl methyl sites for hydroxylation is 1. The van der Waals surface area contributed by atoms with Gasteiger partial charge in [0.05, 0.1) is 47.6 Å². The molecule has 0 bridgehead atoms. The zero-order valence-corrected chi connectivity index (χ0v) is 18.9. The van der Waals surface area contributed by atoms with E-state index in [0.29, 0.717) is 51.6 Å². The highest BCUT2D eigenvalue weighted by Gasteiger charge is 2.32. The van der Waals surface area contributed by atoms with E-state index in [1.807, 2.05) is 0 Å². The number of nitrogens with zero attached hydrogens (tertiary/aromatic N) is 3. The van der Waals surface area contributed by atoms with Crippen molar-refractivity contribution in [2.45, 2.75) is 19.4 Å². The van der Waals surface area contributed by atoms with Gasteiger partial charge in [-0.3, -0.25) is 4.79 Å². The summed E-state index contributed by atoms with van der Waals surface area (Å²) in [5.74, 6) is 0.967. The van der Waals surface area contributed by atoms with Crippen molar-refractivity contribution in [2.24, 2.45) is 0 Å². The number of nitrogens with one attached hydrogen (secondary N) is 1. The zero-order chi connectivity index (χ0) is 23.2. The summed E-state index contributed by atoms with van der Waals surface area (Å²) in [6, 6.07) is 11.9. The van der Waals surface area contributed by atoms with Crippen molar-refractivity contribution >= 4 is 32.5 Å². The third-order valence-corrected chi connectivity index (χ3v) is 7.51. The quantitative estimate of drug-likeness (QED) is 0.477. The Labute approximate surface area is 190 Å². The number of benzene rings is 1. The van der Waals surface area contributed by atoms with E-state index in [-0.39, 0.29) is 23.5 Å². The van der Waals surface area contributed by atoms with E-state index < -0.39 is 9.84 Å². The second kappa shape index (κ2) is 8.04. The SMILES string of the molecule is COc1ccc(NC(=O)c2cc(-c3ccco3)nc3c2c(C)nn3C2CCS(=O)(=O)C2)cc1. The number of hydrogen-bond donors (Lipinski definition) is 1. The minimum absolute atomic E-state index is 0.00323. The summed E-state index contributed by atoms with van der Waals surface area (Å²) < 4.78 is 36.5. The highest BCUT2D eigenvalue weighted by molar-refractivity contribution is 7.91. The number of ether oxygens (including phenoxy) is 1. The highest BCUT2D eigenvalue weighted by Crippen LogP contribution is 2.32. The molecule has 1 N–H and O–H groups in total. The molecule has 1 atom stereocenters. The number of anilines is 1. The number of carbonyl (C=O) groups excluding carboxylic acids is 1. The van der Waals surface area contributed by atoms with Crippen LogP contribution in [0.2, 0.25) is 0 Å². The molecule has 1 aromatic carbocycles. The number of methoxy groups -OCH3 is 1. The molecule has 170 valence electrons. The van der Waals surface area contributed by atoms with E-state index >= 15 is 0 Å². The maximum absolute atomic E-state index is 13.4. The number of amides is 1. The van der Waals surface area contributed by atoms with Crippen LogP contribution in [0.3, 0.4) is 0 Å². The maximum Gasteiger partial charge on any atom is 0.256 e. The standard InChI is InChI=1S/C23H22N4O5S/c1-14-21-18(23(28)24-15-5-7-17(31-2)8-6-15)12-19(20-4-3-10-32-20)25-22(21)27(26-14)16-9-11-33(29,30)13-16/h3-8,10,12,16H,9,11,13H2,1-2H3,(H,24,28). The Balaban J connectivity index is 1.63. The number of rotatable bonds is 5. The topological polar surface area (TPSA) is 116 Å². The summed E-state index contributed by atoms with van der Waals surface area (Å²) in [6.45, 7) is 1.79. The van der Waals surface area contributed by atoms with Gasteiger partial charge in [-0.2, -0.15) is 5.10 Å². The van der Waals surface area contributed by atoms with Gasteiger partial charge in [-0.1, -0.05) is 0 Å². The summed E-state index contributed by atoms with van der Waals surface area (Å²) in [7, 11) is -1.55. The molecule has 0 saturated carbocycles. The fourth-order valence-corrected chi connectivity index (χ4v) is 5.83. The molecule has 33 heavy (non-hydrogen) atoms. The first-order valence-electron chi connectivity index (χ1n) is 10.4. The molecule has 4 aromatic rings. The fraction of sp³-hybridized carbons (Fsp3) is 0.261. The van der Waals surface area contributed by atoms with E-state index in [0.717, 1.165) is 0 Å². The molecule has 9 nitrogen and oxygen atoms in total. The largest absolute Gasteiger partial charge is 0.497 e. The molecule has 4 heterocycles. The van der Waals surface area contributed by atoms with Crippen molar-refractivity contribution in [1.29, 1.82) is 0 Å². The summed E-state index contributed by atoms with van der Waals surface area (Å²) in [5, 5.41) is 8.09. The van der Waals surface area contributed by atoms with Gasteiger partial charge in [0.2, 0.25) is 0 Å². The zero-order valence-electron chi connectivity index (χ0n) is 18.1. The lowest BCUT2D eigenvalue weighted by atomic mass is 10.1. The first kappa shape index (κ1) is 21.2. The second-order valence-corrected chi connectivity index (χ2v) is 10.2. The molecule has 1 fully saturated rings. The van der Waals surface area contributed by atoms with Gasteiger partial charge < -0.3 is 14.5 Å². The Morgan fingerprint density at radius 3 is 2.67 bits per heavy atom. The second-order valence-electron chi connectivity index (χ2n) is 8.00. The first-order chi connectivity index (χ1) is 15.8. The molecule has 0 radical (unpaired) electrons. The normalized spacial score (nSPS) is 17.3. The van der Waals surface area contributed by atoms with Crippen LogP contribution in [0.5, 0.6) is 5.75 Å². The first-order valence-corrected chi connectivity index (χ1v) is 12.3. The Kier molecular flexibility index (Phi) is 5.16. The summed E-state index contributed by atoms with van der Waals surface area (Å²) in [5.41, 5.74) is 2.52. The maximum atomic E-state index is 13.4. The van der Waals surface area contributed by atoms with E-state index in [4.69, 9.17) is 14.1 Å².